The van der Waals surface area contributed by atoms with Crippen molar-refractivity contribution in [2.45, 2.75) is 83.5 Å². The average molecular weight is 454 g/mol. The number of aryl methyl sites for hydroxylation is 1. The fourth-order valence-electron chi connectivity index (χ4n) is 4.83. The molecule has 1 saturated heterocycles. The highest BCUT2D eigenvalue weighted by atomic mass is 16.8. The maximum atomic E-state index is 13.4. The van der Waals surface area contributed by atoms with E-state index in [9.17, 15) is 4.79 Å². The first-order chi connectivity index (χ1) is 15.8. The molecule has 0 spiro atoms. The number of fused-ring (bicyclic) bond motifs is 1. The van der Waals surface area contributed by atoms with Crippen LogP contribution in [0.3, 0.4) is 0 Å². The summed E-state index contributed by atoms with van der Waals surface area (Å²) in [5.41, 5.74) is 2.20. The molecule has 1 aliphatic heterocycles. The van der Waals surface area contributed by atoms with Gasteiger partial charge in [-0.1, -0.05) is 60.2 Å². The molecule has 0 radical (unpaired) electrons. The Morgan fingerprint density at radius 2 is 1.79 bits per heavy atom. The van der Waals surface area contributed by atoms with Crippen molar-refractivity contribution in [3.63, 3.8) is 0 Å². The van der Waals surface area contributed by atoms with Crippen LogP contribution in [0.15, 0.2) is 54.6 Å². The second-order valence-electron chi connectivity index (χ2n) is 9.51. The SMILES string of the molecule is CCNC(=O)[C@@]1(OCc2cccc(C)c2)CC(OCc2ccccc2)[C@@H]2OC(C)(C)O[C@@H]2C1. The summed E-state index contributed by atoms with van der Waals surface area (Å²) in [5, 5.41) is 2.98. The lowest BCUT2D eigenvalue weighted by atomic mass is 9.78. The Kier molecular flexibility index (Phi) is 7.19. The van der Waals surface area contributed by atoms with Gasteiger partial charge in [-0.15, -0.1) is 0 Å². The van der Waals surface area contributed by atoms with Crippen LogP contribution in [0.5, 0.6) is 0 Å². The quantitative estimate of drug-likeness (QED) is 0.646. The van der Waals surface area contributed by atoms with Gasteiger partial charge in [0.25, 0.3) is 5.91 Å². The highest BCUT2D eigenvalue weighted by molar-refractivity contribution is 5.85. The molecule has 2 fully saturated rings. The van der Waals surface area contributed by atoms with Crippen LogP contribution in [0.1, 0.15) is 50.3 Å². The standard InChI is InChI=1S/C27H35NO5/c1-5-28-25(29)27(31-18-21-13-9-10-19(2)14-21)15-22(30-17-20-11-7-6-8-12-20)24-23(16-27)32-26(3,4)33-24/h6-14,22-24H,5,15-18H2,1-4H3,(H,28,29)/t22?,23-,24+,27-/m1/s1. The van der Waals surface area contributed by atoms with Gasteiger partial charge in [0.15, 0.2) is 11.4 Å². The molecule has 1 unspecified atom stereocenters. The van der Waals surface area contributed by atoms with E-state index in [2.05, 4.69) is 11.4 Å². The summed E-state index contributed by atoms with van der Waals surface area (Å²) in [6, 6.07) is 18.2. The van der Waals surface area contributed by atoms with Gasteiger partial charge >= 0.3 is 0 Å². The molecule has 33 heavy (non-hydrogen) atoms. The molecule has 178 valence electrons. The molecule has 1 N–H and O–H groups in total. The van der Waals surface area contributed by atoms with Gasteiger partial charge in [-0.05, 0) is 38.8 Å². The highest BCUT2D eigenvalue weighted by Crippen LogP contribution is 2.44. The fourth-order valence-corrected chi connectivity index (χ4v) is 4.83. The molecule has 6 nitrogen and oxygen atoms in total. The van der Waals surface area contributed by atoms with E-state index >= 15 is 0 Å². The van der Waals surface area contributed by atoms with Crippen LogP contribution in [0.25, 0.3) is 0 Å². The van der Waals surface area contributed by atoms with Gasteiger partial charge in [-0.3, -0.25) is 4.79 Å². The third-order valence-electron chi connectivity index (χ3n) is 6.31. The van der Waals surface area contributed by atoms with Gasteiger partial charge < -0.3 is 24.3 Å². The van der Waals surface area contributed by atoms with Crippen LogP contribution in [-0.4, -0.2) is 42.2 Å². The summed E-state index contributed by atoms with van der Waals surface area (Å²) < 4.78 is 25.3. The average Bonchev–Trinajstić information content (AvgIpc) is 3.10. The molecule has 1 heterocycles. The minimum absolute atomic E-state index is 0.127. The number of hydrogen-bond donors (Lipinski definition) is 1. The molecule has 2 aromatic carbocycles. The first-order valence-corrected chi connectivity index (χ1v) is 11.8. The molecule has 1 amide bonds. The summed E-state index contributed by atoms with van der Waals surface area (Å²) in [7, 11) is 0. The Balaban J connectivity index is 1.59. The molecule has 4 atom stereocenters. The van der Waals surface area contributed by atoms with Crippen molar-refractivity contribution >= 4 is 5.91 Å². The van der Waals surface area contributed by atoms with E-state index in [1.807, 2.05) is 76.2 Å². The highest BCUT2D eigenvalue weighted by Gasteiger charge is 2.57. The monoisotopic (exact) mass is 453 g/mol. The maximum absolute atomic E-state index is 13.4. The van der Waals surface area contributed by atoms with Crippen LogP contribution in [0.2, 0.25) is 0 Å². The molecule has 0 bridgehead atoms. The Bertz CT molecular complexity index is 947. The number of nitrogens with one attached hydrogen (secondary N) is 1. The zero-order valence-electron chi connectivity index (χ0n) is 20.0. The van der Waals surface area contributed by atoms with E-state index in [0.29, 0.717) is 32.6 Å². The first-order valence-electron chi connectivity index (χ1n) is 11.8. The first kappa shape index (κ1) is 23.9. The summed E-state index contributed by atoms with van der Waals surface area (Å²) in [5.74, 6) is -0.866. The van der Waals surface area contributed by atoms with Gasteiger partial charge in [0, 0.05) is 19.4 Å². The lowest BCUT2D eigenvalue weighted by Gasteiger charge is -2.43. The van der Waals surface area contributed by atoms with Crippen molar-refractivity contribution in [1.82, 2.24) is 5.32 Å². The molecular weight excluding hydrogens is 418 g/mol. The van der Waals surface area contributed by atoms with E-state index in [1.54, 1.807) is 0 Å². The third-order valence-corrected chi connectivity index (χ3v) is 6.31. The normalized spacial score (nSPS) is 28.3. The van der Waals surface area contributed by atoms with Gasteiger partial charge in [0.05, 0.1) is 25.4 Å². The minimum atomic E-state index is -1.06. The van der Waals surface area contributed by atoms with Crippen LogP contribution in [-0.2, 0) is 37.0 Å². The second kappa shape index (κ2) is 9.94. The van der Waals surface area contributed by atoms with Crippen LogP contribution < -0.4 is 5.32 Å². The Morgan fingerprint density at radius 1 is 1.03 bits per heavy atom. The topological polar surface area (TPSA) is 66.0 Å². The van der Waals surface area contributed by atoms with E-state index in [1.165, 1.54) is 0 Å². The van der Waals surface area contributed by atoms with Crippen molar-refractivity contribution in [2.24, 2.45) is 0 Å². The Hall–Kier alpha value is -2.25. The number of carbonyl (C=O) groups is 1. The second-order valence-corrected chi connectivity index (χ2v) is 9.51. The van der Waals surface area contributed by atoms with Crippen molar-refractivity contribution in [3.8, 4) is 0 Å². The fraction of sp³-hybridized carbons (Fsp3) is 0.519. The maximum Gasteiger partial charge on any atom is 0.252 e. The lowest BCUT2D eigenvalue weighted by molar-refractivity contribution is -0.183. The largest absolute Gasteiger partial charge is 0.371 e. The number of ether oxygens (including phenoxy) is 4. The predicted molar refractivity (Wildman–Crippen MR) is 125 cm³/mol. The predicted octanol–water partition coefficient (Wildman–Crippen LogP) is 4.29. The van der Waals surface area contributed by atoms with Gasteiger partial charge in [-0.25, -0.2) is 0 Å². The number of hydrogen-bond acceptors (Lipinski definition) is 5. The summed E-state index contributed by atoms with van der Waals surface area (Å²) in [4.78, 5) is 13.4. The van der Waals surface area contributed by atoms with E-state index in [4.69, 9.17) is 18.9 Å². The van der Waals surface area contributed by atoms with Gasteiger partial charge in [0.2, 0.25) is 0 Å². The smallest absolute Gasteiger partial charge is 0.252 e. The van der Waals surface area contributed by atoms with E-state index in [0.717, 1.165) is 16.7 Å². The minimum Gasteiger partial charge on any atom is -0.371 e. The summed E-state index contributed by atoms with van der Waals surface area (Å²) >= 11 is 0. The van der Waals surface area contributed by atoms with Gasteiger partial charge in [-0.2, -0.15) is 0 Å². The number of benzene rings is 2. The summed E-state index contributed by atoms with van der Waals surface area (Å²) in [6.45, 7) is 9.07. The van der Waals surface area contributed by atoms with Gasteiger partial charge in [0.1, 0.15) is 6.10 Å². The zero-order chi connectivity index (χ0) is 23.5. The van der Waals surface area contributed by atoms with E-state index < -0.39 is 11.4 Å². The molecule has 6 heteroatoms. The molecule has 4 rings (SSSR count). The summed E-state index contributed by atoms with van der Waals surface area (Å²) in [6.07, 6.45) is -0.0727. The number of carbonyl (C=O) groups excluding carboxylic acids is 1. The molecule has 0 aromatic heterocycles. The number of rotatable bonds is 8. The zero-order valence-corrected chi connectivity index (χ0v) is 20.0. The van der Waals surface area contributed by atoms with Crippen molar-refractivity contribution in [1.29, 1.82) is 0 Å². The van der Waals surface area contributed by atoms with E-state index in [-0.39, 0.29) is 24.2 Å². The van der Waals surface area contributed by atoms with Crippen LogP contribution >= 0.6 is 0 Å². The van der Waals surface area contributed by atoms with Crippen LogP contribution in [0.4, 0.5) is 0 Å². The number of amides is 1. The van der Waals surface area contributed by atoms with Crippen molar-refractivity contribution in [2.75, 3.05) is 6.54 Å². The molecule has 2 aromatic rings. The lowest BCUT2D eigenvalue weighted by Crippen LogP contribution is -2.60. The van der Waals surface area contributed by atoms with Crippen molar-refractivity contribution < 1.29 is 23.7 Å². The molecule has 1 saturated carbocycles. The Morgan fingerprint density at radius 3 is 2.52 bits per heavy atom. The Labute approximate surface area is 196 Å². The molecule has 2 aliphatic rings. The van der Waals surface area contributed by atoms with Crippen LogP contribution in [0, 0.1) is 6.92 Å². The number of likely N-dealkylation sites (N-methyl/N-ethyl adjacent to an activating group) is 1. The van der Waals surface area contributed by atoms with Crippen molar-refractivity contribution in [3.05, 3.63) is 71.3 Å². The molecule has 1 aliphatic carbocycles. The molecular formula is C27H35NO5. The third kappa shape index (κ3) is 5.64.